The monoisotopic (exact) mass is 740 g/mol. The minimum atomic E-state index is -1.30. The number of nitrogens with one attached hydrogen (secondary N) is 3. The molecule has 5 N–H and O–H groups in total. The number of carbonyl (C=O) groups excluding carboxylic acids is 5. The van der Waals surface area contributed by atoms with E-state index in [1.54, 1.807) is 31.2 Å². The van der Waals surface area contributed by atoms with E-state index in [0.29, 0.717) is 5.56 Å². The Hall–Kier alpha value is -5.14. The van der Waals surface area contributed by atoms with E-state index in [0.717, 1.165) is 36.1 Å². The zero-order valence-corrected chi connectivity index (χ0v) is 30.2. The van der Waals surface area contributed by atoms with E-state index in [-0.39, 0.29) is 59.1 Å². The highest BCUT2D eigenvalue weighted by atomic mass is 35.5. The quantitative estimate of drug-likeness (QED) is 0.0646. The summed E-state index contributed by atoms with van der Waals surface area (Å²) in [5.74, 6) is -2.90. The van der Waals surface area contributed by atoms with E-state index in [4.69, 9.17) is 38.4 Å². The van der Waals surface area contributed by atoms with Crippen molar-refractivity contribution < 1.29 is 33.4 Å². The van der Waals surface area contributed by atoms with Gasteiger partial charge in [0.05, 0.1) is 41.1 Å². The zero-order valence-electron chi connectivity index (χ0n) is 28.7. The molecule has 3 rings (SSSR count). The lowest BCUT2D eigenvalue weighted by molar-refractivity contribution is -0.145. The van der Waals surface area contributed by atoms with Crippen LogP contribution in [0.2, 0.25) is 10.0 Å². The van der Waals surface area contributed by atoms with E-state index in [1.807, 2.05) is 30.3 Å². The van der Waals surface area contributed by atoms with Gasteiger partial charge in [-0.2, -0.15) is 0 Å². The molecule has 0 saturated heterocycles. The number of amides is 4. The summed E-state index contributed by atoms with van der Waals surface area (Å²) in [6.45, 7) is 3.23. The summed E-state index contributed by atoms with van der Waals surface area (Å²) < 4.78 is 10.2. The van der Waals surface area contributed by atoms with Crippen LogP contribution in [0.4, 0.5) is 10.5 Å². The Morgan fingerprint density at radius 3 is 2.25 bits per heavy atom. The molecule has 0 radical (unpaired) electrons. The molecule has 0 aliphatic carbocycles. The van der Waals surface area contributed by atoms with Crippen LogP contribution >= 0.6 is 23.2 Å². The molecule has 13 nitrogen and oxygen atoms in total. The first-order chi connectivity index (χ1) is 24.4. The van der Waals surface area contributed by atoms with Crippen molar-refractivity contribution in [2.24, 2.45) is 10.7 Å². The number of halogens is 2. The first-order valence-corrected chi connectivity index (χ1v) is 17.1. The standard InChI is InChI=1S/C36H42Cl2N6O7/c1-4-6-7-11-17-51-36(49)43-35(39)41-26-16-12-15-24(18-26)33(47)44(3)22-30(45)40-21-29(34(48)50-5-2)42-32(46)31-27(37)19-25(20-28(31)38)23-13-9-8-10-14-23/h8-10,12-16,18-20,29H,4-7,11,17,21-22H2,1-3H3,(H,40,45)(H,42,46)(H3,39,41,43,49)/t29-/m0/s1. The predicted molar refractivity (Wildman–Crippen MR) is 196 cm³/mol. The van der Waals surface area contributed by atoms with Gasteiger partial charge in [-0.3, -0.25) is 19.7 Å². The van der Waals surface area contributed by atoms with Crippen molar-refractivity contribution in [1.29, 1.82) is 0 Å². The third kappa shape index (κ3) is 12.9. The van der Waals surface area contributed by atoms with E-state index in [1.165, 1.54) is 19.2 Å². The highest BCUT2D eigenvalue weighted by Crippen LogP contribution is 2.32. The number of hydrogen-bond donors (Lipinski definition) is 4. The van der Waals surface area contributed by atoms with Crippen molar-refractivity contribution in [2.45, 2.75) is 45.6 Å². The fraction of sp³-hybridized carbons (Fsp3) is 0.333. The molecule has 1 atom stereocenters. The second-order valence-corrected chi connectivity index (χ2v) is 12.1. The summed E-state index contributed by atoms with van der Waals surface area (Å²) in [5, 5.41) is 7.55. The Kier molecular flexibility index (Phi) is 16.2. The van der Waals surface area contributed by atoms with Gasteiger partial charge in [-0.05, 0) is 54.8 Å². The number of unbranched alkanes of at least 4 members (excludes halogenated alkanes) is 3. The van der Waals surface area contributed by atoms with E-state index >= 15 is 0 Å². The Bertz CT molecular complexity index is 1700. The average molecular weight is 742 g/mol. The number of aliphatic imine (C=N–C) groups is 1. The molecular formula is C36H42Cl2N6O7. The van der Waals surface area contributed by atoms with Crippen LogP contribution < -0.4 is 21.7 Å². The maximum Gasteiger partial charge on any atom is 0.413 e. The Balaban J connectivity index is 1.59. The number of likely N-dealkylation sites (N-methyl/N-ethyl adjacent to an activating group) is 1. The Morgan fingerprint density at radius 2 is 1.59 bits per heavy atom. The molecule has 0 unspecified atom stereocenters. The number of carbonyl (C=O) groups is 5. The number of rotatable bonds is 16. The molecule has 0 bridgehead atoms. The van der Waals surface area contributed by atoms with Crippen LogP contribution in [0, 0.1) is 0 Å². The molecule has 0 fully saturated rings. The van der Waals surface area contributed by atoms with E-state index in [9.17, 15) is 24.0 Å². The van der Waals surface area contributed by atoms with Crippen molar-refractivity contribution in [3.8, 4) is 11.1 Å². The van der Waals surface area contributed by atoms with Gasteiger partial charge in [-0.1, -0.05) is 85.8 Å². The number of hydrogen-bond acceptors (Lipinski definition) is 8. The first kappa shape index (κ1) is 40.3. The molecule has 0 heterocycles. The fourth-order valence-corrected chi connectivity index (χ4v) is 5.40. The number of benzene rings is 3. The van der Waals surface area contributed by atoms with Crippen LogP contribution in [-0.4, -0.2) is 80.0 Å². The van der Waals surface area contributed by atoms with Crippen LogP contribution in [0.3, 0.4) is 0 Å². The number of guanidine groups is 1. The largest absolute Gasteiger partial charge is 0.464 e. The van der Waals surface area contributed by atoms with Crippen LogP contribution in [0.15, 0.2) is 71.7 Å². The van der Waals surface area contributed by atoms with Crippen LogP contribution in [0.1, 0.15) is 60.2 Å². The van der Waals surface area contributed by atoms with Crippen molar-refractivity contribution >= 4 is 64.6 Å². The Labute approximate surface area is 306 Å². The van der Waals surface area contributed by atoms with Gasteiger partial charge >= 0.3 is 12.1 Å². The predicted octanol–water partition coefficient (Wildman–Crippen LogP) is 5.46. The first-order valence-electron chi connectivity index (χ1n) is 16.4. The van der Waals surface area contributed by atoms with E-state index < -0.39 is 35.8 Å². The lowest BCUT2D eigenvalue weighted by atomic mass is 10.0. The van der Waals surface area contributed by atoms with Crippen LogP contribution in [0.25, 0.3) is 11.1 Å². The molecule has 0 spiro atoms. The molecule has 4 amide bonds. The molecule has 3 aromatic carbocycles. The summed E-state index contributed by atoms with van der Waals surface area (Å²) in [6.07, 6.45) is 3.08. The number of esters is 1. The Morgan fingerprint density at radius 1 is 0.882 bits per heavy atom. The molecule has 272 valence electrons. The number of alkyl carbamates (subject to hydrolysis) is 1. The fourth-order valence-electron chi connectivity index (χ4n) is 4.74. The molecular weight excluding hydrogens is 699 g/mol. The maximum absolute atomic E-state index is 13.2. The number of ether oxygens (including phenoxy) is 2. The van der Waals surface area contributed by atoms with Gasteiger partial charge in [0.1, 0.15) is 6.04 Å². The minimum absolute atomic E-state index is 0.0255. The summed E-state index contributed by atoms with van der Waals surface area (Å²) in [5.41, 5.74) is 7.79. The van der Waals surface area contributed by atoms with Gasteiger partial charge < -0.3 is 30.7 Å². The van der Waals surface area contributed by atoms with Gasteiger partial charge in [0.15, 0.2) is 0 Å². The van der Waals surface area contributed by atoms with E-state index in [2.05, 4.69) is 27.9 Å². The minimum Gasteiger partial charge on any atom is -0.464 e. The van der Waals surface area contributed by atoms with Gasteiger partial charge in [-0.15, -0.1) is 0 Å². The normalized spacial score (nSPS) is 11.6. The van der Waals surface area contributed by atoms with Gasteiger partial charge in [0, 0.05) is 19.2 Å². The highest BCUT2D eigenvalue weighted by molar-refractivity contribution is 6.40. The van der Waals surface area contributed by atoms with Crippen molar-refractivity contribution in [3.05, 3.63) is 87.9 Å². The smallest absolute Gasteiger partial charge is 0.413 e. The summed E-state index contributed by atoms with van der Waals surface area (Å²) in [7, 11) is 1.41. The third-order valence-corrected chi connectivity index (χ3v) is 7.88. The second-order valence-electron chi connectivity index (χ2n) is 11.3. The topological polar surface area (TPSA) is 182 Å². The van der Waals surface area contributed by atoms with Gasteiger partial charge in [-0.25, -0.2) is 14.6 Å². The second kappa shape index (κ2) is 20.5. The molecule has 0 aliphatic rings. The number of nitrogens with two attached hydrogens (primary N) is 1. The summed E-state index contributed by atoms with van der Waals surface area (Å²) >= 11 is 12.9. The molecule has 0 saturated carbocycles. The molecule has 15 heteroatoms. The van der Waals surface area contributed by atoms with Crippen molar-refractivity contribution in [2.75, 3.05) is 33.4 Å². The lowest BCUT2D eigenvalue weighted by Crippen LogP contribution is -2.50. The van der Waals surface area contributed by atoms with Crippen LogP contribution in [0.5, 0.6) is 0 Å². The van der Waals surface area contributed by atoms with Crippen molar-refractivity contribution in [3.63, 3.8) is 0 Å². The average Bonchev–Trinajstić information content (AvgIpc) is 3.09. The zero-order chi connectivity index (χ0) is 37.3. The SMILES string of the molecule is CCCCCCOC(=O)NC(N)=Nc1cccc(C(=O)N(C)CC(=O)NC[C@H](NC(=O)c2c(Cl)cc(-c3ccccc3)cc2Cl)C(=O)OCC)c1. The molecule has 3 aromatic rings. The van der Waals surface area contributed by atoms with Gasteiger partial charge in [0.2, 0.25) is 11.9 Å². The summed E-state index contributed by atoms with van der Waals surface area (Å²) in [4.78, 5) is 69.2. The molecule has 51 heavy (non-hydrogen) atoms. The van der Waals surface area contributed by atoms with Gasteiger partial charge in [0.25, 0.3) is 11.8 Å². The van der Waals surface area contributed by atoms with Crippen LogP contribution in [-0.2, 0) is 19.1 Å². The van der Waals surface area contributed by atoms with Crippen molar-refractivity contribution in [1.82, 2.24) is 20.9 Å². The molecule has 0 aromatic heterocycles. The summed E-state index contributed by atoms with van der Waals surface area (Å²) in [6, 6.07) is 17.3. The highest BCUT2D eigenvalue weighted by Gasteiger charge is 2.26. The third-order valence-electron chi connectivity index (χ3n) is 7.29. The maximum atomic E-state index is 13.2. The number of nitrogens with zero attached hydrogens (tertiary/aromatic N) is 2. The molecule has 0 aliphatic heterocycles. The lowest BCUT2D eigenvalue weighted by Gasteiger charge is -2.21.